The summed E-state index contributed by atoms with van der Waals surface area (Å²) in [5.41, 5.74) is 1.58. The summed E-state index contributed by atoms with van der Waals surface area (Å²) >= 11 is 0. The van der Waals surface area contributed by atoms with Crippen molar-refractivity contribution in [3.63, 3.8) is 0 Å². The summed E-state index contributed by atoms with van der Waals surface area (Å²) in [6, 6.07) is 3.85. The molecule has 6 heteroatoms. The van der Waals surface area contributed by atoms with E-state index >= 15 is 0 Å². The number of ether oxygens (including phenoxy) is 1. The van der Waals surface area contributed by atoms with E-state index in [1.807, 2.05) is 20.8 Å². The van der Waals surface area contributed by atoms with Crippen molar-refractivity contribution in [2.45, 2.75) is 52.4 Å². The number of nitrogens with one attached hydrogen (secondary N) is 1. The van der Waals surface area contributed by atoms with Crippen LogP contribution >= 0.6 is 0 Å². The molecule has 0 atom stereocenters. The zero-order valence-electron chi connectivity index (χ0n) is 12.0. The monoisotopic (exact) mass is 290 g/mol. The van der Waals surface area contributed by atoms with Crippen LogP contribution in [0.5, 0.6) is 5.75 Å². The van der Waals surface area contributed by atoms with Crippen LogP contribution in [0, 0.1) is 6.92 Å². The summed E-state index contributed by atoms with van der Waals surface area (Å²) in [4.78, 5) is 4.36. The van der Waals surface area contributed by atoms with Crippen LogP contribution in [0.4, 0.5) is 13.2 Å². The molecule has 1 rings (SSSR count). The van der Waals surface area contributed by atoms with E-state index in [4.69, 9.17) is 4.74 Å². The zero-order valence-corrected chi connectivity index (χ0v) is 12.0. The summed E-state index contributed by atoms with van der Waals surface area (Å²) in [6.07, 6.45) is -5.00. The maximum Gasteiger partial charge on any atom is 0.389 e. The molecule has 114 valence electrons. The maximum atomic E-state index is 12.0. The highest BCUT2D eigenvalue weighted by Gasteiger charge is 2.26. The lowest BCUT2D eigenvalue weighted by atomic mass is 10.2. The number of aryl methyl sites for hydroxylation is 1. The van der Waals surface area contributed by atoms with Gasteiger partial charge >= 0.3 is 6.18 Å². The van der Waals surface area contributed by atoms with Gasteiger partial charge in [0.1, 0.15) is 5.75 Å². The molecule has 0 aliphatic heterocycles. The van der Waals surface area contributed by atoms with E-state index in [0.717, 1.165) is 11.4 Å². The fourth-order valence-corrected chi connectivity index (χ4v) is 1.61. The summed E-state index contributed by atoms with van der Waals surface area (Å²) in [5.74, 6) is 0.547. The Morgan fingerprint density at radius 3 is 2.60 bits per heavy atom. The Hall–Kier alpha value is -1.30. The van der Waals surface area contributed by atoms with Gasteiger partial charge < -0.3 is 10.1 Å². The molecule has 0 saturated carbocycles. The first kappa shape index (κ1) is 16.8. The van der Waals surface area contributed by atoms with Gasteiger partial charge in [0.2, 0.25) is 0 Å². The average molecular weight is 290 g/mol. The third kappa shape index (κ3) is 6.75. The molecule has 0 aromatic carbocycles. The number of nitrogens with zero attached hydrogens (tertiary/aromatic N) is 1. The molecular formula is C14H21F3N2O. The van der Waals surface area contributed by atoms with Gasteiger partial charge in [-0.3, -0.25) is 4.98 Å². The third-order valence-corrected chi connectivity index (χ3v) is 2.61. The van der Waals surface area contributed by atoms with Crippen LogP contribution in [0.3, 0.4) is 0 Å². The Labute approximate surface area is 117 Å². The molecule has 0 aliphatic rings. The first-order valence-electron chi connectivity index (χ1n) is 6.67. The summed E-state index contributed by atoms with van der Waals surface area (Å²) in [6.45, 7) is 6.47. The lowest BCUT2D eigenvalue weighted by Gasteiger charge is -2.14. The zero-order chi connectivity index (χ0) is 15.2. The number of rotatable bonds is 7. The van der Waals surface area contributed by atoms with Crippen LogP contribution < -0.4 is 10.1 Å². The van der Waals surface area contributed by atoms with Crippen LogP contribution in [0.15, 0.2) is 12.1 Å². The lowest BCUT2D eigenvalue weighted by molar-refractivity contribution is -0.136. The minimum absolute atomic E-state index is 0.0406. The van der Waals surface area contributed by atoms with Gasteiger partial charge in [-0.1, -0.05) is 13.8 Å². The van der Waals surface area contributed by atoms with E-state index in [9.17, 15) is 13.2 Å². The van der Waals surface area contributed by atoms with Crippen LogP contribution in [0.2, 0.25) is 0 Å². The number of halogens is 3. The van der Waals surface area contributed by atoms with Crippen molar-refractivity contribution < 1.29 is 17.9 Å². The minimum atomic E-state index is -4.13. The molecule has 0 saturated heterocycles. The lowest BCUT2D eigenvalue weighted by Crippen LogP contribution is -2.23. The largest absolute Gasteiger partial charge is 0.492 e. The van der Waals surface area contributed by atoms with Gasteiger partial charge in [-0.25, -0.2) is 0 Å². The number of aromatic nitrogens is 1. The molecule has 0 radical (unpaired) electrons. The van der Waals surface area contributed by atoms with Crippen LogP contribution in [-0.4, -0.2) is 23.8 Å². The number of hydrogen-bond acceptors (Lipinski definition) is 3. The molecule has 1 N–H and O–H groups in total. The molecule has 0 bridgehead atoms. The van der Waals surface area contributed by atoms with E-state index in [1.165, 1.54) is 0 Å². The highest BCUT2D eigenvalue weighted by molar-refractivity contribution is 5.29. The Bertz CT molecular complexity index is 419. The Morgan fingerprint density at radius 1 is 1.30 bits per heavy atom. The molecule has 0 amide bonds. The van der Waals surface area contributed by atoms with Crippen molar-refractivity contribution in [2.75, 3.05) is 6.61 Å². The first-order valence-corrected chi connectivity index (χ1v) is 6.67. The Kier molecular flexibility index (Phi) is 6.26. The van der Waals surface area contributed by atoms with E-state index in [2.05, 4.69) is 10.3 Å². The third-order valence-electron chi connectivity index (χ3n) is 2.61. The van der Waals surface area contributed by atoms with E-state index in [-0.39, 0.29) is 13.0 Å². The highest BCUT2D eigenvalue weighted by atomic mass is 19.4. The Morgan fingerprint density at radius 2 is 2.00 bits per heavy atom. The van der Waals surface area contributed by atoms with E-state index < -0.39 is 12.6 Å². The van der Waals surface area contributed by atoms with Crippen molar-refractivity contribution in [1.82, 2.24) is 10.3 Å². The fourth-order valence-electron chi connectivity index (χ4n) is 1.61. The molecule has 0 unspecified atom stereocenters. The second-order valence-corrected chi connectivity index (χ2v) is 5.00. The molecule has 1 aromatic rings. The maximum absolute atomic E-state index is 12.0. The molecule has 0 spiro atoms. The normalized spacial score (nSPS) is 11.9. The predicted octanol–water partition coefficient (Wildman–Crippen LogP) is 3.61. The number of pyridine rings is 1. The molecular weight excluding hydrogens is 269 g/mol. The number of alkyl halides is 3. The summed E-state index contributed by atoms with van der Waals surface area (Å²) in [5, 5.41) is 3.22. The van der Waals surface area contributed by atoms with Crippen LogP contribution in [0.25, 0.3) is 0 Å². The minimum Gasteiger partial charge on any atom is -0.492 e. The van der Waals surface area contributed by atoms with Gasteiger partial charge in [0, 0.05) is 24.7 Å². The highest BCUT2D eigenvalue weighted by Crippen LogP contribution is 2.22. The fraction of sp³-hybridized carbons (Fsp3) is 0.643. The standard InChI is InChI=1S/C14H21F3N2O/c1-10(2)18-9-12-13(6-5-11(3)19-12)20-8-4-7-14(15,16)17/h5-6,10,18H,4,7-9H2,1-3H3. The second-order valence-electron chi connectivity index (χ2n) is 5.00. The Balaban J connectivity index is 2.55. The van der Waals surface area contributed by atoms with E-state index in [0.29, 0.717) is 18.3 Å². The van der Waals surface area contributed by atoms with Crippen molar-refractivity contribution >= 4 is 0 Å². The SMILES string of the molecule is Cc1ccc(OCCCC(F)(F)F)c(CNC(C)C)n1. The average Bonchev–Trinajstić information content (AvgIpc) is 2.32. The van der Waals surface area contributed by atoms with Crippen molar-refractivity contribution in [2.24, 2.45) is 0 Å². The molecule has 3 nitrogen and oxygen atoms in total. The second kappa shape index (κ2) is 7.47. The van der Waals surface area contributed by atoms with Gasteiger partial charge in [0.25, 0.3) is 0 Å². The molecule has 1 heterocycles. The van der Waals surface area contributed by atoms with Gasteiger partial charge in [0.05, 0.1) is 12.3 Å². The van der Waals surface area contributed by atoms with E-state index in [1.54, 1.807) is 12.1 Å². The summed E-state index contributed by atoms with van der Waals surface area (Å²) < 4.78 is 41.6. The molecule has 20 heavy (non-hydrogen) atoms. The van der Waals surface area contributed by atoms with Gasteiger partial charge in [0.15, 0.2) is 0 Å². The molecule has 1 aromatic heterocycles. The van der Waals surface area contributed by atoms with Gasteiger partial charge in [-0.15, -0.1) is 0 Å². The van der Waals surface area contributed by atoms with Gasteiger partial charge in [-0.2, -0.15) is 13.2 Å². The first-order chi connectivity index (χ1) is 9.28. The van der Waals surface area contributed by atoms with Crippen LogP contribution in [0.1, 0.15) is 38.1 Å². The summed E-state index contributed by atoms with van der Waals surface area (Å²) in [7, 11) is 0. The van der Waals surface area contributed by atoms with Crippen molar-refractivity contribution in [3.05, 3.63) is 23.5 Å². The molecule has 0 fully saturated rings. The van der Waals surface area contributed by atoms with Gasteiger partial charge in [-0.05, 0) is 25.5 Å². The topological polar surface area (TPSA) is 34.1 Å². The predicted molar refractivity (Wildman–Crippen MR) is 71.7 cm³/mol. The smallest absolute Gasteiger partial charge is 0.389 e. The van der Waals surface area contributed by atoms with Crippen molar-refractivity contribution in [3.8, 4) is 5.75 Å². The molecule has 0 aliphatic carbocycles. The number of hydrogen-bond donors (Lipinski definition) is 1. The van der Waals surface area contributed by atoms with Crippen molar-refractivity contribution in [1.29, 1.82) is 0 Å². The quantitative estimate of drug-likeness (QED) is 0.779. The van der Waals surface area contributed by atoms with Crippen LogP contribution in [-0.2, 0) is 6.54 Å².